The van der Waals surface area contributed by atoms with Crippen molar-refractivity contribution in [2.75, 3.05) is 78.5 Å². The maximum Gasteiger partial charge on any atom is 0.000703 e. The summed E-state index contributed by atoms with van der Waals surface area (Å²) < 4.78 is 0. The third-order valence-electron chi connectivity index (χ3n) is 9.98. The highest BCUT2D eigenvalue weighted by Gasteiger charge is 2.14. The van der Waals surface area contributed by atoms with Gasteiger partial charge in [-0.1, -0.05) is 64.7 Å². The van der Waals surface area contributed by atoms with Crippen LogP contribution >= 0.6 is 0 Å². The van der Waals surface area contributed by atoms with E-state index in [-0.39, 0.29) is 0 Å². The molecule has 0 N–H and O–H groups in total. The lowest BCUT2D eigenvalue weighted by molar-refractivity contribution is 0.203. The molecule has 4 heteroatoms. The molecule has 4 heterocycles. The Hall–Kier alpha value is -0.160. The van der Waals surface area contributed by atoms with Crippen LogP contribution in [0.4, 0.5) is 0 Å². The lowest BCUT2D eigenvalue weighted by Gasteiger charge is -2.28. The van der Waals surface area contributed by atoms with E-state index in [1.807, 2.05) is 0 Å². The predicted octanol–water partition coefficient (Wildman–Crippen LogP) is 8.06. The molecule has 230 valence electrons. The molecule has 4 rings (SSSR count). The zero-order valence-corrected chi connectivity index (χ0v) is 26.7. The monoisotopic (exact) mass is 547 g/mol. The first-order valence-corrected chi connectivity index (χ1v) is 18.2. The van der Waals surface area contributed by atoms with Gasteiger partial charge in [-0.25, -0.2) is 0 Å². The molecular weight excluding hydrogens is 476 g/mol. The smallest absolute Gasteiger partial charge is 0.000703 e. The first-order valence-electron chi connectivity index (χ1n) is 18.2. The Morgan fingerprint density at radius 1 is 0.282 bits per heavy atom. The van der Waals surface area contributed by atoms with Gasteiger partial charge in [-0.3, -0.25) is 0 Å². The Bertz CT molecular complexity index is 517. The quantitative estimate of drug-likeness (QED) is 0.304. The highest BCUT2D eigenvalue weighted by atomic mass is 15.1. The SMILES string of the molecule is C[C@@H]1CCCN2CCCCCCN3CCCCCCN(CCCCCCN(CCCCCC2)CCCCC3)C1. The molecule has 2 unspecified atom stereocenters. The molecule has 0 aromatic rings. The highest BCUT2D eigenvalue weighted by molar-refractivity contribution is 4.69. The molecule has 4 nitrogen and oxygen atoms in total. The first-order chi connectivity index (χ1) is 19.3. The summed E-state index contributed by atoms with van der Waals surface area (Å²) in [5.41, 5.74) is 0. The Kier molecular flexibility index (Phi) is 19.2. The number of hydrogen-bond acceptors (Lipinski definition) is 4. The maximum atomic E-state index is 2.87. The summed E-state index contributed by atoms with van der Waals surface area (Å²) in [5.74, 6) is 0.843. The summed E-state index contributed by atoms with van der Waals surface area (Å²) in [7, 11) is 0. The molecule has 0 aromatic carbocycles. The average Bonchev–Trinajstić information content (AvgIpc) is 2.92. The Morgan fingerprint density at radius 3 is 0.821 bits per heavy atom. The normalized spacial score (nSPS) is 34.2. The maximum absolute atomic E-state index is 2.87. The molecule has 0 aliphatic carbocycles. The molecular formula is C35H70N4. The Labute approximate surface area is 245 Å². The molecule has 0 aromatic heterocycles. The van der Waals surface area contributed by atoms with E-state index >= 15 is 0 Å². The van der Waals surface area contributed by atoms with Gasteiger partial charge in [0.25, 0.3) is 0 Å². The van der Waals surface area contributed by atoms with Gasteiger partial charge in [-0.2, -0.15) is 0 Å². The lowest BCUT2D eigenvalue weighted by atomic mass is 10.0. The van der Waals surface area contributed by atoms with Crippen molar-refractivity contribution in [1.82, 2.24) is 19.6 Å². The molecule has 3 atom stereocenters. The molecule has 0 radical (unpaired) electrons. The molecule has 0 spiro atoms. The molecule has 4 aliphatic rings. The molecule has 4 fully saturated rings. The van der Waals surface area contributed by atoms with Gasteiger partial charge in [0.1, 0.15) is 0 Å². The van der Waals surface area contributed by atoms with Crippen LogP contribution in [0.3, 0.4) is 0 Å². The molecule has 4 bridgehead atoms. The fraction of sp³-hybridized carbons (Fsp3) is 1.00. The molecule has 0 amide bonds. The van der Waals surface area contributed by atoms with Gasteiger partial charge in [0.2, 0.25) is 0 Å². The Balaban J connectivity index is 1.70. The minimum atomic E-state index is 0.843. The van der Waals surface area contributed by atoms with E-state index in [4.69, 9.17) is 0 Å². The summed E-state index contributed by atoms with van der Waals surface area (Å²) in [4.78, 5) is 11.4. The predicted molar refractivity (Wildman–Crippen MR) is 172 cm³/mol. The zero-order valence-electron chi connectivity index (χ0n) is 26.7. The van der Waals surface area contributed by atoms with Gasteiger partial charge in [0.15, 0.2) is 0 Å². The second-order valence-electron chi connectivity index (χ2n) is 13.8. The number of nitrogens with zero attached hydrogens (tertiary/aromatic N) is 4. The van der Waals surface area contributed by atoms with Crippen molar-refractivity contribution in [2.24, 2.45) is 5.92 Å². The Morgan fingerprint density at radius 2 is 0.513 bits per heavy atom. The van der Waals surface area contributed by atoms with Crippen molar-refractivity contribution in [3.05, 3.63) is 0 Å². The van der Waals surface area contributed by atoms with Gasteiger partial charge in [0.05, 0.1) is 0 Å². The molecule has 4 saturated heterocycles. The van der Waals surface area contributed by atoms with Crippen LogP contribution in [0, 0.1) is 5.92 Å². The van der Waals surface area contributed by atoms with Crippen LogP contribution in [-0.2, 0) is 0 Å². The molecule has 0 saturated carbocycles. The number of hydrogen-bond donors (Lipinski definition) is 0. The fourth-order valence-electron chi connectivity index (χ4n) is 7.44. The van der Waals surface area contributed by atoms with E-state index < -0.39 is 0 Å². The summed E-state index contributed by atoms with van der Waals surface area (Å²) in [6.07, 6.45) is 29.9. The summed E-state index contributed by atoms with van der Waals surface area (Å²) >= 11 is 0. The zero-order chi connectivity index (χ0) is 27.2. The largest absolute Gasteiger partial charge is 0.303 e. The van der Waals surface area contributed by atoms with Gasteiger partial charge in [0, 0.05) is 6.54 Å². The van der Waals surface area contributed by atoms with Crippen LogP contribution in [-0.4, -0.2) is 98.1 Å². The van der Waals surface area contributed by atoms with Gasteiger partial charge in [-0.05, 0) is 155 Å². The topological polar surface area (TPSA) is 13.0 Å². The van der Waals surface area contributed by atoms with E-state index in [0.29, 0.717) is 0 Å². The summed E-state index contributed by atoms with van der Waals surface area (Å²) in [6.45, 7) is 18.7. The number of rotatable bonds is 0. The first kappa shape index (κ1) is 33.3. The van der Waals surface area contributed by atoms with Crippen molar-refractivity contribution in [3.63, 3.8) is 0 Å². The van der Waals surface area contributed by atoms with Gasteiger partial charge >= 0.3 is 0 Å². The van der Waals surface area contributed by atoms with Crippen molar-refractivity contribution in [1.29, 1.82) is 0 Å². The lowest BCUT2D eigenvalue weighted by Crippen LogP contribution is -2.32. The van der Waals surface area contributed by atoms with Gasteiger partial charge < -0.3 is 19.6 Å². The third kappa shape index (κ3) is 16.8. The van der Waals surface area contributed by atoms with E-state index in [9.17, 15) is 0 Å². The van der Waals surface area contributed by atoms with Gasteiger partial charge in [-0.15, -0.1) is 0 Å². The third-order valence-corrected chi connectivity index (χ3v) is 9.98. The van der Waals surface area contributed by atoms with Crippen LogP contribution in [0.1, 0.15) is 142 Å². The molecule has 4 aliphatic heterocycles. The van der Waals surface area contributed by atoms with E-state index in [1.165, 1.54) is 213 Å². The second-order valence-corrected chi connectivity index (χ2v) is 13.8. The van der Waals surface area contributed by atoms with Crippen LogP contribution in [0.25, 0.3) is 0 Å². The van der Waals surface area contributed by atoms with Crippen molar-refractivity contribution < 1.29 is 0 Å². The standard InChI is InChI=1S/C35H70N4/c1-35-22-21-33-38-27-15-4-2-11-23-36-25-13-6-8-17-31-39(34-35)32-18-9-7-14-26-37(30-20-10-19-29-36)24-12-3-5-16-28-38/h35H,2-34H2,1H3/t35-/m1/s1. The minimum absolute atomic E-state index is 0.843. The van der Waals surface area contributed by atoms with Crippen molar-refractivity contribution in [3.8, 4) is 0 Å². The van der Waals surface area contributed by atoms with Crippen LogP contribution < -0.4 is 0 Å². The van der Waals surface area contributed by atoms with E-state index in [0.717, 1.165) is 5.92 Å². The van der Waals surface area contributed by atoms with Crippen LogP contribution in [0.15, 0.2) is 0 Å². The highest BCUT2D eigenvalue weighted by Crippen LogP contribution is 2.16. The summed E-state index contributed by atoms with van der Waals surface area (Å²) in [6, 6.07) is 0. The van der Waals surface area contributed by atoms with Crippen LogP contribution in [0.5, 0.6) is 0 Å². The second kappa shape index (κ2) is 22.4. The van der Waals surface area contributed by atoms with Crippen molar-refractivity contribution >= 4 is 0 Å². The van der Waals surface area contributed by atoms with E-state index in [2.05, 4.69) is 26.5 Å². The van der Waals surface area contributed by atoms with Crippen LogP contribution in [0.2, 0.25) is 0 Å². The average molecular weight is 547 g/mol. The van der Waals surface area contributed by atoms with Crippen molar-refractivity contribution in [2.45, 2.75) is 142 Å². The minimum Gasteiger partial charge on any atom is -0.303 e. The fourth-order valence-corrected chi connectivity index (χ4v) is 7.44. The summed E-state index contributed by atoms with van der Waals surface area (Å²) in [5, 5.41) is 0. The molecule has 39 heavy (non-hydrogen) atoms. The van der Waals surface area contributed by atoms with E-state index in [1.54, 1.807) is 0 Å². The number of fused-ring (bicyclic) bond motifs is 28.